The van der Waals surface area contributed by atoms with Crippen LogP contribution in [0.3, 0.4) is 0 Å². The summed E-state index contributed by atoms with van der Waals surface area (Å²) in [6.45, 7) is 0. The van der Waals surface area contributed by atoms with Gasteiger partial charge in [-0.2, -0.15) is 52.6 Å². The molecule has 0 spiro atoms. The Morgan fingerprint density at radius 2 is 0.645 bits per heavy atom. The quantitative estimate of drug-likeness (QED) is 0.108. The number of hydrogen-bond donors (Lipinski definition) is 0. The topological polar surface area (TPSA) is 238 Å². The summed E-state index contributed by atoms with van der Waals surface area (Å²) >= 11 is 0. The van der Waals surface area contributed by atoms with Crippen LogP contribution in [-0.2, 0) is 0 Å². The molecule has 0 atom stereocenters. The number of nitrogens with zero attached hydrogens (tertiary/aromatic N) is 10. The van der Waals surface area contributed by atoms with E-state index in [9.17, 15) is 52.6 Å². The van der Waals surface area contributed by atoms with Crippen molar-refractivity contribution in [1.29, 1.82) is 52.6 Å². The van der Waals surface area contributed by atoms with E-state index in [0.29, 0.717) is 0 Å². The van der Waals surface area contributed by atoms with Crippen molar-refractivity contribution in [3.05, 3.63) is 172 Å². The van der Waals surface area contributed by atoms with Crippen LogP contribution < -0.4 is 0 Å². The Bertz CT molecular complexity index is 3210. The molecule has 0 fully saturated rings. The van der Waals surface area contributed by atoms with Gasteiger partial charge in [-0.3, -0.25) is 0 Å². The minimum absolute atomic E-state index is 0.301. The number of nitriles is 10. The number of benzene rings is 4. The first-order valence-electron chi connectivity index (χ1n) is 16.5. The summed E-state index contributed by atoms with van der Waals surface area (Å²) < 4.78 is 125. The molecule has 0 amide bonds. The Morgan fingerprint density at radius 3 is 0.887 bits per heavy atom. The van der Waals surface area contributed by atoms with Gasteiger partial charge in [-0.15, -0.1) is 0 Å². The minimum Gasteiger partial charge on any atom is -0.203 e. The zero-order chi connectivity index (χ0) is 45.5. The van der Waals surface area contributed by atoms with Gasteiger partial charge in [-0.1, -0.05) is 12.1 Å². The molecule has 0 aromatic heterocycles. The third-order valence-electron chi connectivity index (χ3n) is 9.55. The average molecular weight is 827 g/mol. The van der Waals surface area contributed by atoms with E-state index in [1.165, 1.54) is 12.1 Å². The molecule has 4 aromatic rings. The first-order chi connectivity index (χ1) is 29.7. The standard InChI is InChI=1S/C44H6F8N10/c45-37-27(15-61)38(46)42(50)35(41(37)49)25(13-59)31-29(17-1-3-19(7-53)21(5-17)9-55)23(11-57)33-32(26(14-60)36-43(51)39(47)28(16-62)40(48)44(36)52)30(24(12-58)34(31)33)18-2-4-20(8-54)22(6-18)10-56/h1-6H/b31-25-,32-26-. The molecule has 0 unspecified atom stereocenters. The van der Waals surface area contributed by atoms with E-state index >= 15 is 35.1 Å². The highest BCUT2D eigenvalue weighted by atomic mass is 19.2. The molecule has 0 heterocycles. The number of rotatable bonds is 4. The van der Waals surface area contributed by atoms with E-state index < -0.39 is 147 Å². The average Bonchev–Trinajstić information content (AvgIpc) is 3.79. The van der Waals surface area contributed by atoms with Crippen molar-refractivity contribution in [3.8, 4) is 60.7 Å². The molecule has 0 saturated carbocycles. The molecule has 6 rings (SSSR count). The van der Waals surface area contributed by atoms with Crippen LogP contribution in [0.15, 0.2) is 69.8 Å². The van der Waals surface area contributed by atoms with Crippen LogP contribution in [0.1, 0.15) is 55.6 Å². The first-order valence-corrected chi connectivity index (χ1v) is 16.5. The third kappa shape index (κ3) is 5.77. The molecule has 0 saturated heterocycles. The largest absolute Gasteiger partial charge is 0.203 e. The molecular formula is C44H6F8N10. The molecule has 0 radical (unpaired) electrons. The van der Waals surface area contributed by atoms with Crippen LogP contribution in [0.4, 0.5) is 35.1 Å². The van der Waals surface area contributed by atoms with Crippen LogP contribution in [0.5, 0.6) is 0 Å². The number of halogens is 8. The maximum atomic E-state index is 16.0. The van der Waals surface area contributed by atoms with Gasteiger partial charge in [0.05, 0.1) is 55.7 Å². The van der Waals surface area contributed by atoms with Crippen LogP contribution in [0.25, 0.3) is 22.3 Å². The van der Waals surface area contributed by atoms with E-state index in [2.05, 4.69) is 0 Å². The summed E-state index contributed by atoms with van der Waals surface area (Å²) in [6, 6.07) is 20.4. The van der Waals surface area contributed by atoms with E-state index in [1.807, 2.05) is 0 Å². The Balaban J connectivity index is 2.00. The van der Waals surface area contributed by atoms with Gasteiger partial charge < -0.3 is 0 Å². The number of allylic oxidation sites excluding steroid dienone is 10. The molecule has 4 aromatic carbocycles. The zero-order valence-corrected chi connectivity index (χ0v) is 30.0. The van der Waals surface area contributed by atoms with Gasteiger partial charge in [0.15, 0.2) is 46.5 Å². The molecular weight excluding hydrogens is 821 g/mol. The lowest BCUT2D eigenvalue weighted by Gasteiger charge is -2.18. The van der Waals surface area contributed by atoms with Crippen molar-refractivity contribution in [2.75, 3.05) is 0 Å². The molecule has 2 aliphatic carbocycles. The van der Waals surface area contributed by atoms with Crippen LogP contribution in [0, 0.1) is 160 Å². The van der Waals surface area contributed by atoms with Crippen molar-refractivity contribution in [2.24, 2.45) is 0 Å². The van der Waals surface area contributed by atoms with Gasteiger partial charge in [0.2, 0.25) is 0 Å². The second-order valence-corrected chi connectivity index (χ2v) is 12.4. The Kier molecular flexibility index (Phi) is 10.5. The van der Waals surface area contributed by atoms with Gasteiger partial charge in [0.1, 0.15) is 71.8 Å². The highest BCUT2D eigenvalue weighted by Gasteiger charge is 2.46. The lowest BCUT2D eigenvalue weighted by molar-refractivity contribution is 0.447. The fourth-order valence-corrected chi connectivity index (χ4v) is 6.95. The third-order valence-corrected chi connectivity index (χ3v) is 9.55. The molecule has 0 bridgehead atoms. The van der Waals surface area contributed by atoms with Crippen molar-refractivity contribution in [3.63, 3.8) is 0 Å². The van der Waals surface area contributed by atoms with Gasteiger partial charge in [0.25, 0.3) is 0 Å². The highest BCUT2D eigenvalue weighted by Crippen LogP contribution is 2.59. The SMILES string of the molecule is N#CC1=C(c2ccc(C#N)c(C#N)c2)/C(=C(\C#N)c2c(F)c(F)c(C#N)c(F)c2F)C2=C1/C(=C(/C#N)c1c(F)c(F)c(C#N)c(F)c1F)C(c1ccc(C#N)c(C#N)c1)=C2C#N. The molecule has 10 nitrogen and oxygen atoms in total. The lowest BCUT2D eigenvalue weighted by Crippen LogP contribution is -2.09. The zero-order valence-electron chi connectivity index (χ0n) is 30.0. The van der Waals surface area contributed by atoms with E-state index in [1.54, 1.807) is 36.4 Å². The summed E-state index contributed by atoms with van der Waals surface area (Å²) in [6.07, 6.45) is 0. The van der Waals surface area contributed by atoms with Crippen molar-refractivity contribution < 1.29 is 35.1 Å². The van der Waals surface area contributed by atoms with Gasteiger partial charge in [-0.05, 0) is 35.4 Å². The summed E-state index contributed by atoms with van der Waals surface area (Å²) in [7, 11) is 0. The lowest BCUT2D eigenvalue weighted by atomic mass is 9.82. The Labute approximate surface area is 342 Å². The van der Waals surface area contributed by atoms with E-state index in [0.717, 1.165) is 48.5 Å². The molecule has 62 heavy (non-hydrogen) atoms. The minimum atomic E-state index is -2.36. The van der Waals surface area contributed by atoms with Gasteiger partial charge >= 0.3 is 0 Å². The molecule has 288 valence electrons. The number of hydrogen-bond acceptors (Lipinski definition) is 10. The second kappa shape index (κ2) is 15.7. The Morgan fingerprint density at radius 1 is 0.339 bits per heavy atom. The van der Waals surface area contributed by atoms with E-state index in [4.69, 9.17) is 0 Å². The van der Waals surface area contributed by atoms with Crippen molar-refractivity contribution in [1.82, 2.24) is 0 Å². The van der Waals surface area contributed by atoms with Gasteiger partial charge in [0, 0.05) is 33.4 Å². The van der Waals surface area contributed by atoms with Crippen LogP contribution in [0.2, 0.25) is 0 Å². The smallest absolute Gasteiger partial charge is 0.180 e. The first kappa shape index (κ1) is 41.6. The van der Waals surface area contributed by atoms with Crippen LogP contribution >= 0.6 is 0 Å². The highest BCUT2D eigenvalue weighted by molar-refractivity contribution is 6.17. The second-order valence-electron chi connectivity index (χ2n) is 12.4. The maximum Gasteiger partial charge on any atom is 0.180 e. The molecule has 0 aliphatic heterocycles. The van der Waals surface area contributed by atoms with Crippen LogP contribution in [-0.4, -0.2) is 0 Å². The molecule has 0 N–H and O–H groups in total. The van der Waals surface area contributed by atoms with Crippen molar-refractivity contribution in [2.45, 2.75) is 0 Å². The molecule has 2 aliphatic rings. The Hall–Kier alpha value is -10.1. The van der Waals surface area contributed by atoms with Crippen molar-refractivity contribution >= 4 is 22.3 Å². The molecule has 18 heteroatoms. The summed E-state index contributed by atoms with van der Waals surface area (Å²) in [4.78, 5) is 0. The predicted molar refractivity (Wildman–Crippen MR) is 191 cm³/mol. The maximum absolute atomic E-state index is 16.0. The normalized spacial score (nSPS) is 14.2. The predicted octanol–water partition coefficient (Wildman–Crippen LogP) is 8.56. The fraction of sp³-hybridized carbons (Fsp3) is 0. The monoisotopic (exact) mass is 826 g/mol. The fourth-order valence-electron chi connectivity index (χ4n) is 6.95. The summed E-state index contributed by atoms with van der Waals surface area (Å²) in [5, 5.41) is 100. The van der Waals surface area contributed by atoms with E-state index in [-0.39, 0.29) is 11.1 Å². The summed E-state index contributed by atoms with van der Waals surface area (Å²) in [5.74, 6) is -18.7. The van der Waals surface area contributed by atoms with Gasteiger partial charge in [-0.25, -0.2) is 35.1 Å². The summed E-state index contributed by atoms with van der Waals surface area (Å²) in [5.41, 5.74) is -19.5.